The first kappa shape index (κ1) is 39.0. The number of nitrogens with one attached hydrogen (secondary N) is 5. The van der Waals surface area contributed by atoms with Crippen molar-refractivity contribution in [2.75, 3.05) is 13.1 Å². The van der Waals surface area contributed by atoms with Gasteiger partial charge in [-0.05, 0) is 111 Å². The molecular formula is C43H60N6O6. The molecule has 7 aliphatic rings. The van der Waals surface area contributed by atoms with Gasteiger partial charge in [0.05, 0.1) is 12.6 Å². The zero-order valence-corrected chi connectivity index (χ0v) is 32.6. The van der Waals surface area contributed by atoms with Crippen molar-refractivity contribution >= 4 is 35.4 Å². The summed E-state index contributed by atoms with van der Waals surface area (Å²) < 4.78 is 0. The number of nitrogens with zero attached hydrogens (tertiary/aromatic N) is 1. The molecule has 2 unspecified atom stereocenters. The maximum atomic E-state index is 14.8. The number of urea groups is 1. The van der Waals surface area contributed by atoms with Crippen LogP contribution in [0.3, 0.4) is 0 Å². The molecule has 4 bridgehead atoms. The lowest BCUT2D eigenvalue weighted by molar-refractivity contribution is -0.145. The normalized spacial score (nSPS) is 31.0. The highest BCUT2D eigenvalue weighted by molar-refractivity contribution is 6.38. The number of ketones is 1. The first-order valence-corrected chi connectivity index (χ1v) is 20.8. The maximum Gasteiger partial charge on any atom is 0.315 e. The van der Waals surface area contributed by atoms with Crippen LogP contribution < -0.4 is 26.6 Å². The molecule has 55 heavy (non-hydrogen) atoms. The number of rotatable bonds is 15. The molecule has 6 aliphatic carbocycles. The third kappa shape index (κ3) is 8.48. The number of piperidine rings is 1. The van der Waals surface area contributed by atoms with Crippen molar-refractivity contribution in [3.8, 4) is 0 Å². The molecule has 0 radical (unpaired) electrons. The van der Waals surface area contributed by atoms with E-state index < -0.39 is 48.2 Å². The lowest BCUT2D eigenvalue weighted by Crippen LogP contribution is -2.64. The summed E-state index contributed by atoms with van der Waals surface area (Å²) in [5.41, 5.74) is 0.507. The quantitative estimate of drug-likeness (QED) is 0.133. The summed E-state index contributed by atoms with van der Waals surface area (Å²) in [5, 5.41) is 14.5. The van der Waals surface area contributed by atoms with E-state index in [9.17, 15) is 28.8 Å². The Labute approximate surface area is 325 Å². The molecule has 6 amide bonds. The van der Waals surface area contributed by atoms with E-state index in [0.29, 0.717) is 30.7 Å². The molecule has 1 aromatic carbocycles. The van der Waals surface area contributed by atoms with Crippen LogP contribution in [0.5, 0.6) is 0 Å². The number of allylic oxidation sites excluding steroid dienone is 1. The summed E-state index contributed by atoms with van der Waals surface area (Å²) in [4.78, 5) is 83.6. The number of amides is 6. The second-order valence-corrected chi connectivity index (χ2v) is 18.3. The van der Waals surface area contributed by atoms with Crippen molar-refractivity contribution in [2.24, 2.45) is 40.9 Å². The minimum atomic E-state index is -1.17. The summed E-state index contributed by atoms with van der Waals surface area (Å²) in [5.74, 6) is -1.08. The van der Waals surface area contributed by atoms with Crippen LogP contribution >= 0.6 is 0 Å². The highest BCUT2D eigenvalue weighted by Crippen LogP contribution is 2.65. The molecule has 1 heterocycles. The van der Waals surface area contributed by atoms with Crippen molar-refractivity contribution in [1.82, 2.24) is 31.5 Å². The van der Waals surface area contributed by atoms with Gasteiger partial charge in [-0.2, -0.15) is 0 Å². The fraction of sp³-hybridized carbons (Fsp3) is 0.674. The van der Waals surface area contributed by atoms with Gasteiger partial charge in [0.1, 0.15) is 12.1 Å². The molecule has 0 aromatic heterocycles. The van der Waals surface area contributed by atoms with Gasteiger partial charge in [-0.25, -0.2) is 4.79 Å². The number of carbonyl (C=O) groups excluding carboxylic acids is 6. The van der Waals surface area contributed by atoms with Crippen molar-refractivity contribution in [1.29, 1.82) is 0 Å². The van der Waals surface area contributed by atoms with Gasteiger partial charge in [0.15, 0.2) is 0 Å². The fourth-order valence-corrected chi connectivity index (χ4v) is 11.6. The van der Waals surface area contributed by atoms with Crippen LogP contribution in [0.2, 0.25) is 0 Å². The summed E-state index contributed by atoms with van der Waals surface area (Å²) >= 11 is 0. The molecule has 1 saturated heterocycles. The van der Waals surface area contributed by atoms with Gasteiger partial charge in [0, 0.05) is 18.6 Å². The second-order valence-electron chi connectivity index (χ2n) is 18.3. The van der Waals surface area contributed by atoms with Gasteiger partial charge in [0.25, 0.3) is 5.91 Å². The molecule has 5 N–H and O–H groups in total. The SMILES string of the molecule is C=CCCC(NC(=O)[C@@H]1[C@@H]2[C@H](CN1C(=O)C(NC(=O)NC13CC4CC(CC(C4)C1)C3)C1CCCCC1)C2(C)C)C(=O)C(=O)NCC(=O)NCc1ccccc1. The number of carbonyl (C=O) groups is 6. The van der Waals surface area contributed by atoms with E-state index in [2.05, 4.69) is 47.0 Å². The van der Waals surface area contributed by atoms with Crippen LogP contribution in [0.4, 0.5) is 4.79 Å². The summed E-state index contributed by atoms with van der Waals surface area (Å²) in [6.45, 7) is 8.21. The lowest BCUT2D eigenvalue weighted by atomic mass is 9.53. The van der Waals surface area contributed by atoms with Crippen molar-refractivity contribution < 1.29 is 28.8 Å². The highest BCUT2D eigenvalue weighted by atomic mass is 16.2. The van der Waals surface area contributed by atoms with Crippen molar-refractivity contribution in [3.05, 3.63) is 48.6 Å². The molecule has 1 aliphatic heterocycles. The topological polar surface area (TPSA) is 166 Å². The Morgan fingerprint density at radius 3 is 2.18 bits per heavy atom. The fourth-order valence-electron chi connectivity index (χ4n) is 11.6. The molecule has 1 aromatic rings. The molecular weight excluding hydrogens is 697 g/mol. The minimum Gasteiger partial charge on any atom is -0.350 e. The molecule has 6 saturated carbocycles. The van der Waals surface area contributed by atoms with Crippen LogP contribution in [-0.4, -0.2) is 77.1 Å². The molecule has 0 spiro atoms. The zero-order chi connectivity index (χ0) is 38.9. The Bertz CT molecular complexity index is 1620. The number of benzene rings is 1. The Kier molecular flexibility index (Phi) is 11.4. The van der Waals surface area contributed by atoms with Gasteiger partial charge in [-0.3, -0.25) is 24.0 Å². The average molecular weight is 757 g/mol. The largest absolute Gasteiger partial charge is 0.350 e. The first-order chi connectivity index (χ1) is 26.4. The third-order valence-corrected chi connectivity index (χ3v) is 14.1. The Morgan fingerprint density at radius 1 is 0.891 bits per heavy atom. The van der Waals surface area contributed by atoms with Gasteiger partial charge < -0.3 is 31.5 Å². The van der Waals surface area contributed by atoms with E-state index in [1.54, 1.807) is 11.0 Å². The van der Waals surface area contributed by atoms with Gasteiger partial charge in [-0.15, -0.1) is 6.58 Å². The van der Waals surface area contributed by atoms with Crippen LogP contribution in [0.15, 0.2) is 43.0 Å². The van der Waals surface area contributed by atoms with Crippen LogP contribution in [-0.2, 0) is 30.5 Å². The van der Waals surface area contributed by atoms with Gasteiger partial charge >= 0.3 is 6.03 Å². The molecule has 7 fully saturated rings. The van der Waals surface area contributed by atoms with Crippen LogP contribution in [0.25, 0.3) is 0 Å². The number of hydrogen-bond donors (Lipinski definition) is 5. The van der Waals surface area contributed by atoms with Crippen molar-refractivity contribution in [2.45, 2.75) is 128 Å². The number of hydrogen-bond acceptors (Lipinski definition) is 6. The van der Waals surface area contributed by atoms with E-state index in [-0.39, 0.29) is 53.6 Å². The monoisotopic (exact) mass is 756 g/mol. The molecule has 5 atom stereocenters. The van der Waals surface area contributed by atoms with Gasteiger partial charge in [0.2, 0.25) is 23.5 Å². The van der Waals surface area contributed by atoms with E-state index in [4.69, 9.17) is 0 Å². The highest BCUT2D eigenvalue weighted by Gasteiger charge is 2.70. The lowest BCUT2D eigenvalue weighted by Gasteiger charge is -2.56. The Morgan fingerprint density at radius 2 is 1.55 bits per heavy atom. The number of likely N-dealkylation sites (tertiary alicyclic amines) is 1. The van der Waals surface area contributed by atoms with Gasteiger partial charge in [-0.1, -0.05) is 69.5 Å². The predicted molar refractivity (Wildman–Crippen MR) is 207 cm³/mol. The summed E-state index contributed by atoms with van der Waals surface area (Å²) in [6, 6.07) is 6.26. The molecule has 8 rings (SSSR count). The average Bonchev–Trinajstić information content (AvgIpc) is 3.46. The Balaban J connectivity index is 1.02. The first-order valence-electron chi connectivity index (χ1n) is 20.8. The second kappa shape index (κ2) is 16.1. The number of Topliss-reactive ketones (excluding diaryl/α,β-unsaturated/α-hetero) is 1. The third-order valence-electron chi connectivity index (χ3n) is 14.1. The summed E-state index contributed by atoms with van der Waals surface area (Å²) in [6.07, 6.45) is 13.6. The Hall–Kier alpha value is -4.22. The maximum absolute atomic E-state index is 14.8. The van der Waals surface area contributed by atoms with E-state index in [1.165, 1.54) is 19.3 Å². The van der Waals surface area contributed by atoms with Crippen LogP contribution in [0.1, 0.15) is 103 Å². The number of fused-ring (bicyclic) bond motifs is 1. The minimum absolute atomic E-state index is 0.0347. The standard InChI is InChI=1S/C43H60N6O6/c1-4-5-16-32(37(51)39(53)45-24-33(50)44-23-26-12-8-6-9-13-26)46-38(52)36-34-31(42(34,2)3)25-49(36)40(54)35(30-14-10-7-11-15-30)47-41(55)48-43-20-27-17-28(21-43)19-29(18-27)22-43/h4,6,8-9,12-13,27-32,34-36H,1,5,7,10-11,14-25H2,2-3H3,(H,44,50)(H,45,53)(H,46,52)(H2,47,48,55)/t27?,28?,29?,31-,32?,34-,35?,36-,43?/m0/s1. The van der Waals surface area contributed by atoms with E-state index in [1.807, 2.05) is 30.3 Å². The predicted octanol–water partition coefficient (Wildman–Crippen LogP) is 4.14. The van der Waals surface area contributed by atoms with E-state index >= 15 is 0 Å². The smallest absolute Gasteiger partial charge is 0.315 e. The van der Waals surface area contributed by atoms with Crippen LogP contribution in [0, 0.1) is 40.9 Å². The zero-order valence-electron chi connectivity index (χ0n) is 32.6. The summed E-state index contributed by atoms with van der Waals surface area (Å²) in [7, 11) is 0. The molecule has 12 heteroatoms. The van der Waals surface area contributed by atoms with Crippen molar-refractivity contribution in [3.63, 3.8) is 0 Å². The molecule has 12 nitrogen and oxygen atoms in total. The van der Waals surface area contributed by atoms with E-state index in [0.717, 1.165) is 56.9 Å². The molecule has 298 valence electrons.